The molecule has 1 aliphatic carbocycles. The van der Waals surface area contributed by atoms with Crippen LogP contribution in [-0.2, 0) is 0 Å². The fraction of sp³-hybridized carbons (Fsp3) is 0.917. The molecule has 1 aliphatic heterocycles. The SMILES string of the molecule is CC1(CN=C(N)NC2CCCC2)CCCS1. The molecule has 1 heterocycles. The van der Waals surface area contributed by atoms with Crippen molar-refractivity contribution in [2.75, 3.05) is 12.3 Å². The molecule has 0 aromatic carbocycles. The van der Waals surface area contributed by atoms with Gasteiger partial charge in [0.25, 0.3) is 0 Å². The molecule has 3 nitrogen and oxygen atoms in total. The third-order valence-corrected chi connectivity index (χ3v) is 5.11. The summed E-state index contributed by atoms with van der Waals surface area (Å²) in [6, 6.07) is 0.577. The number of thioether (sulfide) groups is 1. The Kier molecular flexibility index (Phi) is 4.00. The van der Waals surface area contributed by atoms with Gasteiger partial charge in [-0.05, 0) is 38.4 Å². The molecule has 0 amide bonds. The Morgan fingerprint density at radius 1 is 1.44 bits per heavy atom. The molecule has 2 fully saturated rings. The van der Waals surface area contributed by atoms with E-state index in [1.165, 1.54) is 44.3 Å². The van der Waals surface area contributed by atoms with Crippen molar-refractivity contribution in [3.63, 3.8) is 0 Å². The predicted molar refractivity (Wildman–Crippen MR) is 72.0 cm³/mol. The van der Waals surface area contributed by atoms with Crippen LogP contribution in [0.1, 0.15) is 45.4 Å². The molecule has 0 spiro atoms. The molecule has 0 radical (unpaired) electrons. The molecule has 2 rings (SSSR count). The lowest BCUT2D eigenvalue weighted by Gasteiger charge is -2.20. The molecule has 0 aromatic heterocycles. The molecule has 4 heteroatoms. The molecule has 1 saturated carbocycles. The topological polar surface area (TPSA) is 50.4 Å². The highest BCUT2D eigenvalue weighted by Crippen LogP contribution is 2.37. The summed E-state index contributed by atoms with van der Waals surface area (Å²) in [6.07, 6.45) is 7.77. The van der Waals surface area contributed by atoms with E-state index in [-0.39, 0.29) is 0 Å². The zero-order valence-electron chi connectivity index (χ0n) is 10.2. The van der Waals surface area contributed by atoms with Crippen LogP contribution >= 0.6 is 11.8 Å². The van der Waals surface area contributed by atoms with Gasteiger partial charge >= 0.3 is 0 Å². The van der Waals surface area contributed by atoms with Crippen molar-refractivity contribution in [1.82, 2.24) is 5.32 Å². The Labute approximate surface area is 103 Å². The highest BCUT2D eigenvalue weighted by Gasteiger charge is 2.29. The van der Waals surface area contributed by atoms with Gasteiger partial charge in [0.15, 0.2) is 5.96 Å². The second kappa shape index (κ2) is 5.30. The molecule has 3 N–H and O–H groups in total. The van der Waals surface area contributed by atoms with Crippen molar-refractivity contribution >= 4 is 17.7 Å². The van der Waals surface area contributed by atoms with Gasteiger partial charge in [0.05, 0.1) is 6.54 Å². The first kappa shape index (κ1) is 12.1. The number of hydrogen-bond donors (Lipinski definition) is 2. The smallest absolute Gasteiger partial charge is 0.188 e. The molecular weight excluding hydrogens is 218 g/mol. The van der Waals surface area contributed by atoms with Crippen LogP contribution in [-0.4, -0.2) is 29.0 Å². The normalized spacial score (nSPS) is 32.2. The van der Waals surface area contributed by atoms with Gasteiger partial charge in [-0.25, -0.2) is 0 Å². The minimum absolute atomic E-state index is 0.335. The van der Waals surface area contributed by atoms with Gasteiger partial charge in [-0.3, -0.25) is 4.99 Å². The van der Waals surface area contributed by atoms with Crippen LogP contribution in [0.5, 0.6) is 0 Å². The average Bonchev–Trinajstić information content (AvgIpc) is 2.88. The number of guanidine groups is 1. The minimum Gasteiger partial charge on any atom is -0.370 e. The molecular formula is C12H23N3S. The summed E-state index contributed by atoms with van der Waals surface area (Å²) < 4.78 is 0.335. The molecule has 0 aromatic rings. The van der Waals surface area contributed by atoms with E-state index in [0.717, 1.165) is 6.54 Å². The molecule has 1 unspecified atom stereocenters. The molecule has 92 valence electrons. The van der Waals surface area contributed by atoms with E-state index >= 15 is 0 Å². The lowest BCUT2D eigenvalue weighted by molar-refractivity contribution is 0.602. The van der Waals surface area contributed by atoms with E-state index < -0.39 is 0 Å². The predicted octanol–water partition coefficient (Wildman–Crippen LogP) is 2.12. The summed E-state index contributed by atoms with van der Waals surface area (Å²) in [7, 11) is 0. The maximum Gasteiger partial charge on any atom is 0.188 e. The summed E-state index contributed by atoms with van der Waals surface area (Å²) in [5.41, 5.74) is 5.92. The Morgan fingerprint density at radius 2 is 2.19 bits per heavy atom. The molecule has 0 bridgehead atoms. The lowest BCUT2D eigenvalue weighted by Crippen LogP contribution is -2.39. The number of rotatable bonds is 3. The van der Waals surface area contributed by atoms with Crippen molar-refractivity contribution in [3.05, 3.63) is 0 Å². The van der Waals surface area contributed by atoms with Gasteiger partial charge < -0.3 is 11.1 Å². The second-order valence-corrected chi connectivity index (χ2v) is 6.91. The Bertz CT molecular complexity index is 253. The average molecular weight is 241 g/mol. The Morgan fingerprint density at radius 3 is 2.81 bits per heavy atom. The van der Waals surface area contributed by atoms with E-state index in [1.54, 1.807) is 0 Å². The van der Waals surface area contributed by atoms with Crippen molar-refractivity contribution in [2.45, 2.75) is 56.2 Å². The standard InChI is InChI=1S/C12H23N3S/c1-12(7-4-8-16-12)9-14-11(13)15-10-5-2-3-6-10/h10H,2-9H2,1H3,(H3,13,14,15). The molecule has 1 saturated heterocycles. The monoisotopic (exact) mass is 241 g/mol. The van der Waals surface area contributed by atoms with E-state index in [4.69, 9.17) is 5.73 Å². The van der Waals surface area contributed by atoms with E-state index in [0.29, 0.717) is 16.7 Å². The van der Waals surface area contributed by atoms with E-state index in [1.807, 2.05) is 11.8 Å². The summed E-state index contributed by atoms with van der Waals surface area (Å²) in [4.78, 5) is 4.50. The van der Waals surface area contributed by atoms with Crippen LogP contribution in [0.4, 0.5) is 0 Å². The van der Waals surface area contributed by atoms with Crippen LogP contribution in [0.25, 0.3) is 0 Å². The zero-order chi connectivity index (χ0) is 11.4. The fourth-order valence-corrected chi connectivity index (χ4v) is 3.76. The number of hydrogen-bond acceptors (Lipinski definition) is 2. The van der Waals surface area contributed by atoms with Gasteiger partial charge in [-0.15, -0.1) is 0 Å². The van der Waals surface area contributed by atoms with Crippen LogP contribution in [0.2, 0.25) is 0 Å². The van der Waals surface area contributed by atoms with Gasteiger partial charge in [0.1, 0.15) is 0 Å². The van der Waals surface area contributed by atoms with Crippen LogP contribution in [0, 0.1) is 0 Å². The van der Waals surface area contributed by atoms with Crippen molar-refractivity contribution in [2.24, 2.45) is 10.7 Å². The maximum atomic E-state index is 5.92. The first-order chi connectivity index (χ1) is 7.68. The number of nitrogens with zero attached hydrogens (tertiary/aromatic N) is 1. The molecule has 16 heavy (non-hydrogen) atoms. The molecule has 1 atom stereocenters. The maximum absolute atomic E-state index is 5.92. The van der Waals surface area contributed by atoms with Crippen molar-refractivity contribution < 1.29 is 0 Å². The number of nitrogens with two attached hydrogens (primary N) is 1. The summed E-state index contributed by atoms with van der Waals surface area (Å²) in [5, 5.41) is 3.34. The second-order valence-electron chi connectivity index (χ2n) is 5.23. The Hall–Kier alpha value is -0.380. The third kappa shape index (κ3) is 3.30. The quantitative estimate of drug-likeness (QED) is 0.588. The summed E-state index contributed by atoms with van der Waals surface area (Å²) in [6.45, 7) is 3.17. The van der Waals surface area contributed by atoms with E-state index in [9.17, 15) is 0 Å². The largest absolute Gasteiger partial charge is 0.370 e. The fourth-order valence-electron chi connectivity index (χ4n) is 2.54. The van der Waals surface area contributed by atoms with Crippen molar-refractivity contribution in [1.29, 1.82) is 0 Å². The van der Waals surface area contributed by atoms with Gasteiger partial charge in [0.2, 0.25) is 0 Å². The molecule has 2 aliphatic rings. The number of aliphatic imine (C=N–C) groups is 1. The van der Waals surface area contributed by atoms with E-state index in [2.05, 4.69) is 17.2 Å². The first-order valence-corrected chi connectivity index (χ1v) is 7.37. The van der Waals surface area contributed by atoms with Gasteiger partial charge in [-0.2, -0.15) is 11.8 Å². The Balaban J connectivity index is 1.77. The summed E-state index contributed by atoms with van der Waals surface area (Å²) in [5.74, 6) is 1.93. The highest BCUT2D eigenvalue weighted by atomic mass is 32.2. The highest BCUT2D eigenvalue weighted by molar-refractivity contribution is 8.00. The van der Waals surface area contributed by atoms with Gasteiger partial charge in [0, 0.05) is 10.8 Å². The van der Waals surface area contributed by atoms with Crippen LogP contribution in [0.3, 0.4) is 0 Å². The summed E-state index contributed by atoms with van der Waals surface area (Å²) >= 11 is 2.04. The first-order valence-electron chi connectivity index (χ1n) is 6.38. The van der Waals surface area contributed by atoms with Crippen LogP contribution < -0.4 is 11.1 Å². The number of nitrogens with one attached hydrogen (secondary N) is 1. The minimum atomic E-state index is 0.335. The van der Waals surface area contributed by atoms with Crippen LogP contribution in [0.15, 0.2) is 4.99 Å². The van der Waals surface area contributed by atoms with Gasteiger partial charge in [-0.1, -0.05) is 12.8 Å². The third-order valence-electron chi connectivity index (χ3n) is 3.59. The van der Waals surface area contributed by atoms with Crippen molar-refractivity contribution in [3.8, 4) is 0 Å². The lowest BCUT2D eigenvalue weighted by atomic mass is 10.1. The zero-order valence-corrected chi connectivity index (χ0v) is 11.0.